The van der Waals surface area contributed by atoms with Gasteiger partial charge in [0.2, 0.25) is 0 Å². The van der Waals surface area contributed by atoms with Crippen molar-refractivity contribution in [1.29, 1.82) is 0 Å². The topological polar surface area (TPSA) is 106 Å². The molecule has 1 fully saturated rings. The number of nitrogens with zero attached hydrogens (tertiary/aromatic N) is 2. The molecule has 2 atom stereocenters. The third-order valence-electron chi connectivity index (χ3n) is 3.40. The monoisotopic (exact) mass is 293 g/mol. The van der Waals surface area contributed by atoms with Crippen LogP contribution in [0.3, 0.4) is 0 Å². The number of H-pyrrole nitrogens is 1. The molecule has 0 aromatic carbocycles. The van der Waals surface area contributed by atoms with E-state index in [2.05, 4.69) is 19.9 Å². The molecule has 4 N–H and O–H groups in total. The normalized spacial score (nSPS) is 21.8. The maximum Gasteiger partial charge on any atom is 0.404 e. The Morgan fingerprint density at radius 3 is 3.15 bits per heavy atom. The first kappa shape index (κ1) is 12.9. The van der Waals surface area contributed by atoms with Gasteiger partial charge in [-0.1, -0.05) is 0 Å². The Morgan fingerprint density at radius 2 is 2.40 bits per heavy atom. The summed E-state index contributed by atoms with van der Waals surface area (Å²) >= 11 is 1.39. The van der Waals surface area contributed by atoms with Crippen LogP contribution < -0.4 is 11.1 Å². The molecule has 2 heterocycles. The number of ether oxygens (including phenoxy) is 1. The number of aromatic nitrogens is 3. The number of carbonyl (C=O) groups excluding carboxylic acids is 1. The van der Waals surface area contributed by atoms with E-state index in [1.807, 2.05) is 17.5 Å². The number of carbonyl (C=O) groups is 1. The first-order chi connectivity index (χ1) is 9.70. The van der Waals surface area contributed by atoms with Crippen LogP contribution in [-0.2, 0) is 4.74 Å². The quantitative estimate of drug-likeness (QED) is 0.802. The van der Waals surface area contributed by atoms with Gasteiger partial charge >= 0.3 is 6.09 Å². The Labute approximate surface area is 119 Å². The number of nitrogens with one attached hydrogen (secondary N) is 2. The van der Waals surface area contributed by atoms with Crippen LogP contribution in [0.25, 0.3) is 0 Å². The first-order valence-electron chi connectivity index (χ1n) is 6.39. The SMILES string of the molecule is NC(=O)O[C@H]1CCC(c2cc(Nc3ccsn3)n[nH]2)C1. The zero-order chi connectivity index (χ0) is 13.9. The molecule has 3 rings (SSSR count). The minimum atomic E-state index is -0.703. The maximum absolute atomic E-state index is 10.7. The highest BCUT2D eigenvalue weighted by molar-refractivity contribution is 7.03. The average Bonchev–Trinajstić information content (AvgIpc) is 3.09. The number of hydrogen-bond donors (Lipinski definition) is 3. The lowest BCUT2D eigenvalue weighted by Crippen LogP contribution is -2.20. The number of rotatable bonds is 4. The van der Waals surface area contributed by atoms with Crippen LogP contribution in [0.15, 0.2) is 17.5 Å². The van der Waals surface area contributed by atoms with Gasteiger partial charge in [0, 0.05) is 23.1 Å². The fraction of sp³-hybridized carbons (Fsp3) is 0.417. The van der Waals surface area contributed by atoms with Crippen molar-refractivity contribution in [3.05, 3.63) is 23.2 Å². The summed E-state index contributed by atoms with van der Waals surface area (Å²) in [6.07, 6.45) is 1.78. The minimum absolute atomic E-state index is 0.0873. The van der Waals surface area contributed by atoms with Gasteiger partial charge in [-0.3, -0.25) is 5.10 Å². The van der Waals surface area contributed by atoms with E-state index < -0.39 is 6.09 Å². The molecule has 20 heavy (non-hydrogen) atoms. The summed E-state index contributed by atoms with van der Waals surface area (Å²) in [4.78, 5) is 10.7. The van der Waals surface area contributed by atoms with Crippen molar-refractivity contribution < 1.29 is 9.53 Å². The second kappa shape index (κ2) is 5.49. The highest BCUT2D eigenvalue weighted by Crippen LogP contribution is 2.35. The van der Waals surface area contributed by atoms with E-state index in [-0.39, 0.29) is 6.10 Å². The molecule has 1 aliphatic rings. The second-order valence-electron chi connectivity index (χ2n) is 4.79. The van der Waals surface area contributed by atoms with E-state index in [4.69, 9.17) is 10.5 Å². The van der Waals surface area contributed by atoms with Crippen molar-refractivity contribution >= 4 is 29.3 Å². The molecule has 106 valence electrons. The number of amides is 1. The first-order valence-corrected chi connectivity index (χ1v) is 7.23. The van der Waals surface area contributed by atoms with E-state index in [9.17, 15) is 4.79 Å². The predicted molar refractivity (Wildman–Crippen MR) is 75.0 cm³/mol. The summed E-state index contributed by atoms with van der Waals surface area (Å²) in [6.45, 7) is 0. The second-order valence-corrected chi connectivity index (χ2v) is 5.45. The predicted octanol–water partition coefficient (Wildman–Crippen LogP) is 2.34. The van der Waals surface area contributed by atoms with Gasteiger partial charge in [0.15, 0.2) is 5.82 Å². The molecule has 7 nitrogen and oxygen atoms in total. The molecule has 0 aliphatic heterocycles. The molecule has 1 unspecified atom stereocenters. The molecule has 1 amide bonds. The Hall–Kier alpha value is -2.09. The van der Waals surface area contributed by atoms with Crippen LogP contribution in [0.1, 0.15) is 30.9 Å². The molecule has 2 aromatic rings. The molecular weight excluding hydrogens is 278 g/mol. The van der Waals surface area contributed by atoms with E-state index in [1.54, 1.807) is 0 Å². The van der Waals surface area contributed by atoms with E-state index in [1.165, 1.54) is 11.5 Å². The van der Waals surface area contributed by atoms with Gasteiger partial charge in [0.1, 0.15) is 11.9 Å². The van der Waals surface area contributed by atoms with Crippen molar-refractivity contribution in [3.8, 4) is 0 Å². The van der Waals surface area contributed by atoms with Gasteiger partial charge in [-0.05, 0) is 36.9 Å². The zero-order valence-electron chi connectivity index (χ0n) is 10.7. The summed E-state index contributed by atoms with van der Waals surface area (Å²) in [5, 5.41) is 12.3. The van der Waals surface area contributed by atoms with E-state index >= 15 is 0 Å². The fourth-order valence-corrected chi connectivity index (χ4v) is 2.98. The van der Waals surface area contributed by atoms with Crippen LogP contribution in [0.5, 0.6) is 0 Å². The fourth-order valence-electron chi connectivity index (χ4n) is 2.51. The summed E-state index contributed by atoms with van der Waals surface area (Å²) in [7, 11) is 0. The lowest BCUT2D eigenvalue weighted by Gasteiger charge is -2.09. The van der Waals surface area contributed by atoms with Crippen molar-refractivity contribution in [3.63, 3.8) is 0 Å². The Kier molecular flexibility index (Phi) is 3.55. The summed E-state index contributed by atoms with van der Waals surface area (Å²) in [5.41, 5.74) is 6.08. The van der Waals surface area contributed by atoms with Gasteiger partial charge < -0.3 is 15.8 Å². The third kappa shape index (κ3) is 2.90. The van der Waals surface area contributed by atoms with Crippen molar-refractivity contribution in [1.82, 2.24) is 14.6 Å². The molecule has 0 spiro atoms. The van der Waals surface area contributed by atoms with Crippen molar-refractivity contribution in [2.24, 2.45) is 5.73 Å². The van der Waals surface area contributed by atoms with E-state index in [0.29, 0.717) is 5.92 Å². The van der Waals surface area contributed by atoms with E-state index in [0.717, 1.165) is 36.6 Å². The number of primary amides is 1. The van der Waals surface area contributed by atoms with Gasteiger partial charge in [-0.2, -0.15) is 9.47 Å². The Balaban J connectivity index is 1.61. The standard InChI is InChI=1S/C12H15N5O2S/c13-12(18)19-8-2-1-7(5-8)9-6-11(16-15-9)14-10-3-4-20-17-10/h3-4,6-8H,1-2,5H2,(H2,13,18)(H2,14,15,16,17)/t7?,8-/m0/s1. The maximum atomic E-state index is 10.7. The number of hydrogen-bond acceptors (Lipinski definition) is 6. The van der Waals surface area contributed by atoms with Gasteiger partial charge in [0.05, 0.1) is 0 Å². The summed E-state index contributed by atoms with van der Waals surface area (Å²) in [5.74, 6) is 1.84. The zero-order valence-corrected chi connectivity index (χ0v) is 11.5. The molecule has 8 heteroatoms. The lowest BCUT2D eigenvalue weighted by atomic mass is 10.0. The smallest absolute Gasteiger partial charge is 0.404 e. The molecule has 1 aliphatic carbocycles. The molecular formula is C12H15N5O2S. The van der Waals surface area contributed by atoms with Crippen LogP contribution in [0.4, 0.5) is 16.4 Å². The van der Waals surface area contributed by atoms with Crippen LogP contribution in [0.2, 0.25) is 0 Å². The summed E-state index contributed by atoms with van der Waals surface area (Å²) in [6, 6.07) is 3.86. The molecule has 0 radical (unpaired) electrons. The van der Waals surface area contributed by atoms with Crippen LogP contribution >= 0.6 is 11.5 Å². The average molecular weight is 293 g/mol. The van der Waals surface area contributed by atoms with Crippen molar-refractivity contribution in [2.45, 2.75) is 31.3 Å². The largest absolute Gasteiger partial charge is 0.446 e. The third-order valence-corrected chi connectivity index (χ3v) is 3.96. The van der Waals surface area contributed by atoms with Gasteiger partial charge in [0.25, 0.3) is 0 Å². The van der Waals surface area contributed by atoms with Gasteiger partial charge in [-0.25, -0.2) is 4.79 Å². The molecule has 0 saturated heterocycles. The molecule has 2 aromatic heterocycles. The summed E-state index contributed by atoms with van der Waals surface area (Å²) < 4.78 is 9.20. The Bertz CT molecular complexity index is 582. The lowest BCUT2D eigenvalue weighted by molar-refractivity contribution is 0.109. The number of nitrogens with two attached hydrogens (primary N) is 1. The Morgan fingerprint density at radius 1 is 1.50 bits per heavy atom. The highest BCUT2D eigenvalue weighted by Gasteiger charge is 2.29. The van der Waals surface area contributed by atoms with Crippen LogP contribution in [-0.4, -0.2) is 26.8 Å². The molecule has 0 bridgehead atoms. The molecule has 1 saturated carbocycles. The van der Waals surface area contributed by atoms with Gasteiger partial charge in [-0.15, -0.1) is 0 Å². The van der Waals surface area contributed by atoms with Crippen LogP contribution in [0, 0.1) is 0 Å². The minimum Gasteiger partial charge on any atom is -0.446 e. The number of anilines is 2. The van der Waals surface area contributed by atoms with Crippen molar-refractivity contribution in [2.75, 3.05) is 5.32 Å². The number of aromatic amines is 1. The highest BCUT2D eigenvalue weighted by atomic mass is 32.1.